The minimum Gasteiger partial charge on any atom is -0.493 e. The van der Waals surface area contributed by atoms with Crippen molar-refractivity contribution in [3.63, 3.8) is 0 Å². The second-order valence-electron chi connectivity index (χ2n) is 5.87. The molecule has 10 heteroatoms. The minimum atomic E-state index is -1.18. The highest BCUT2D eigenvalue weighted by molar-refractivity contribution is 5.63. The van der Waals surface area contributed by atoms with E-state index in [-0.39, 0.29) is 51.3 Å². The summed E-state index contributed by atoms with van der Waals surface area (Å²) < 4.78 is 20.9. The molecule has 0 amide bonds. The van der Waals surface area contributed by atoms with Crippen LogP contribution in [0.5, 0.6) is 17.2 Å². The molecule has 0 aliphatic carbocycles. The van der Waals surface area contributed by atoms with Gasteiger partial charge in [0.2, 0.25) is 5.88 Å². The highest BCUT2D eigenvalue weighted by atomic mass is 16.6. The summed E-state index contributed by atoms with van der Waals surface area (Å²) in [7, 11) is 2.69. The average molecular weight is 385 g/mol. The number of methoxy groups -OCH3 is 2. The summed E-state index contributed by atoms with van der Waals surface area (Å²) in [5.41, 5.74) is 4.49. The molecule has 2 aromatic rings. The van der Waals surface area contributed by atoms with Gasteiger partial charge < -0.3 is 24.4 Å². The number of rotatable bonds is 4. The van der Waals surface area contributed by atoms with Gasteiger partial charge in [-0.2, -0.15) is 5.26 Å². The maximum Gasteiger partial charge on any atom is 0.343 e. The smallest absolute Gasteiger partial charge is 0.343 e. The number of fused-ring (bicyclic) bond motifs is 1. The maximum atomic E-state index is 12.6. The van der Waals surface area contributed by atoms with Crippen LogP contribution in [0.4, 0.5) is 5.69 Å². The molecule has 0 radical (unpaired) electrons. The fraction of sp³-hybridized carbons (Fsp3) is 0.222. The summed E-state index contributed by atoms with van der Waals surface area (Å²) in [5.74, 6) is -0.795. The highest BCUT2D eigenvalue weighted by Crippen LogP contribution is 2.46. The zero-order chi connectivity index (χ0) is 20.6. The Bertz CT molecular complexity index is 1110. The molecule has 144 valence electrons. The largest absolute Gasteiger partial charge is 0.493 e. The standard InChI is InChI=1S/C18H15N3O7/c1-8-4-14-16(18(22)27-8)15(10(7-19)17(20)28-14)9-5-12(25-2)13(26-3)6-11(9)21(23)24/h4-6,15H,20H2,1-3H3/t15-/m1/s1. The van der Waals surface area contributed by atoms with Gasteiger partial charge in [-0.15, -0.1) is 0 Å². The van der Waals surface area contributed by atoms with E-state index in [4.69, 9.17) is 24.4 Å². The number of ether oxygens (including phenoxy) is 3. The third-order valence-corrected chi connectivity index (χ3v) is 4.30. The predicted octanol–water partition coefficient (Wildman–Crippen LogP) is 2.09. The Hall–Kier alpha value is -4.00. The first-order valence-electron chi connectivity index (χ1n) is 7.94. The number of nitrogens with zero attached hydrogens (tertiary/aromatic N) is 2. The number of hydrogen-bond acceptors (Lipinski definition) is 9. The molecule has 1 aliphatic heterocycles. The van der Waals surface area contributed by atoms with Crippen LogP contribution in [0.25, 0.3) is 0 Å². The maximum absolute atomic E-state index is 12.6. The van der Waals surface area contributed by atoms with E-state index in [2.05, 4.69) is 0 Å². The first kappa shape index (κ1) is 18.8. The van der Waals surface area contributed by atoms with Gasteiger partial charge in [-0.05, 0) is 13.0 Å². The molecule has 0 unspecified atom stereocenters. The molecule has 1 atom stereocenters. The van der Waals surface area contributed by atoms with Crippen LogP contribution < -0.4 is 25.6 Å². The molecule has 0 saturated heterocycles. The minimum absolute atomic E-state index is 0.0165. The van der Waals surface area contributed by atoms with E-state index >= 15 is 0 Å². The molecule has 2 N–H and O–H groups in total. The molecule has 28 heavy (non-hydrogen) atoms. The van der Waals surface area contributed by atoms with Gasteiger partial charge in [0.15, 0.2) is 11.5 Å². The number of nitrogens with two attached hydrogens (primary N) is 1. The van der Waals surface area contributed by atoms with E-state index in [1.807, 2.05) is 6.07 Å². The lowest BCUT2D eigenvalue weighted by atomic mass is 9.83. The van der Waals surface area contributed by atoms with Crippen LogP contribution in [0.2, 0.25) is 0 Å². The van der Waals surface area contributed by atoms with Crippen molar-refractivity contribution in [2.24, 2.45) is 5.73 Å². The lowest BCUT2D eigenvalue weighted by molar-refractivity contribution is -0.385. The van der Waals surface area contributed by atoms with Gasteiger partial charge in [-0.25, -0.2) is 4.79 Å². The van der Waals surface area contributed by atoms with Crippen molar-refractivity contribution in [1.29, 1.82) is 5.26 Å². The topological polar surface area (TPSA) is 151 Å². The third-order valence-electron chi connectivity index (χ3n) is 4.30. The number of nitro groups is 1. The van der Waals surface area contributed by atoms with Crippen molar-refractivity contribution < 1.29 is 23.6 Å². The SMILES string of the molecule is COc1cc([C@@H]2C(C#N)=C(N)Oc3cc(C)oc(=O)c32)c([N+](=O)[O-])cc1OC. The van der Waals surface area contributed by atoms with Crippen LogP contribution >= 0.6 is 0 Å². The third kappa shape index (κ3) is 2.88. The van der Waals surface area contributed by atoms with Crippen LogP contribution in [0.1, 0.15) is 22.8 Å². The second kappa shape index (κ2) is 6.96. The Morgan fingerprint density at radius 2 is 1.89 bits per heavy atom. The molecule has 2 heterocycles. The molecule has 10 nitrogen and oxygen atoms in total. The summed E-state index contributed by atoms with van der Waals surface area (Å²) in [4.78, 5) is 23.6. The molecule has 1 aliphatic rings. The fourth-order valence-corrected chi connectivity index (χ4v) is 3.10. The molecule has 0 bridgehead atoms. The first-order valence-corrected chi connectivity index (χ1v) is 7.94. The van der Waals surface area contributed by atoms with Gasteiger partial charge in [-0.1, -0.05) is 0 Å². The molecule has 1 aromatic heterocycles. The molecular weight excluding hydrogens is 370 g/mol. The quantitative estimate of drug-likeness (QED) is 0.616. The molecule has 1 aromatic carbocycles. The lowest BCUT2D eigenvalue weighted by Gasteiger charge is -2.25. The summed E-state index contributed by atoms with van der Waals surface area (Å²) in [6.45, 7) is 1.54. The summed E-state index contributed by atoms with van der Waals surface area (Å²) in [6, 6.07) is 5.79. The van der Waals surface area contributed by atoms with Crippen LogP contribution in [-0.4, -0.2) is 19.1 Å². The Morgan fingerprint density at radius 1 is 1.25 bits per heavy atom. The van der Waals surface area contributed by atoms with E-state index < -0.39 is 16.5 Å². The van der Waals surface area contributed by atoms with Gasteiger partial charge in [0, 0.05) is 11.6 Å². The molecule has 3 rings (SSSR count). The van der Waals surface area contributed by atoms with Gasteiger partial charge in [0.1, 0.15) is 23.2 Å². The molecule has 0 spiro atoms. The van der Waals surface area contributed by atoms with Crippen LogP contribution in [0.15, 0.2) is 38.9 Å². The monoisotopic (exact) mass is 385 g/mol. The van der Waals surface area contributed by atoms with Crippen LogP contribution in [0.3, 0.4) is 0 Å². The van der Waals surface area contributed by atoms with Crippen LogP contribution in [-0.2, 0) is 0 Å². The van der Waals surface area contributed by atoms with E-state index in [1.165, 1.54) is 26.4 Å². The number of aryl methyl sites for hydroxylation is 1. The van der Waals surface area contributed by atoms with E-state index in [9.17, 15) is 20.2 Å². The van der Waals surface area contributed by atoms with Crippen molar-refractivity contribution in [1.82, 2.24) is 0 Å². The predicted molar refractivity (Wildman–Crippen MR) is 95.2 cm³/mol. The van der Waals surface area contributed by atoms with Crippen molar-refractivity contribution in [2.45, 2.75) is 12.8 Å². The van der Waals surface area contributed by atoms with Crippen molar-refractivity contribution in [2.75, 3.05) is 14.2 Å². The van der Waals surface area contributed by atoms with Crippen molar-refractivity contribution in [3.05, 3.63) is 67.1 Å². The molecule has 0 saturated carbocycles. The summed E-state index contributed by atoms with van der Waals surface area (Å²) >= 11 is 0. The van der Waals surface area contributed by atoms with E-state index in [0.29, 0.717) is 0 Å². The Labute approximate surface area is 158 Å². The summed E-state index contributed by atoms with van der Waals surface area (Å²) in [5, 5.41) is 21.3. The van der Waals surface area contributed by atoms with E-state index in [0.717, 1.165) is 6.07 Å². The van der Waals surface area contributed by atoms with Crippen molar-refractivity contribution >= 4 is 5.69 Å². The van der Waals surface area contributed by atoms with Crippen LogP contribution in [0, 0.1) is 28.4 Å². The van der Waals surface area contributed by atoms with Gasteiger partial charge in [-0.3, -0.25) is 10.1 Å². The Balaban J connectivity index is 2.41. The number of nitro benzene ring substituents is 1. The van der Waals surface area contributed by atoms with Gasteiger partial charge >= 0.3 is 5.63 Å². The van der Waals surface area contributed by atoms with E-state index in [1.54, 1.807) is 6.92 Å². The second-order valence-corrected chi connectivity index (χ2v) is 5.87. The summed E-state index contributed by atoms with van der Waals surface area (Å²) in [6.07, 6.45) is 0. The number of allylic oxidation sites excluding steroid dienone is 1. The average Bonchev–Trinajstić information content (AvgIpc) is 2.65. The van der Waals surface area contributed by atoms with Crippen molar-refractivity contribution in [3.8, 4) is 23.3 Å². The molecule has 0 fully saturated rings. The Kier molecular flexibility index (Phi) is 4.67. The first-order chi connectivity index (χ1) is 13.3. The zero-order valence-electron chi connectivity index (χ0n) is 15.1. The van der Waals surface area contributed by atoms with Gasteiger partial charge in [0.05, 0.1) is 36.7 Å². The zero-order valence-corrected chi connectivity index (χ0v) is 15.1. The normalized spacial score (nSPS) is 15.3. The van der Waals surface area contributed by atoms with Gasteiger partial charge in [0.25, 0.3) is 5.69 Å². The Morgan fingerprint density at radius 3 is 2.46 bits per heavy atom. The lowest BCUT2D eigenvalue weighted by Crippen LogP contribution is -2.26. The number of nitriles is 1. The number of hydrogen-bond donors (Lipinski definition) is 1. The highest BCUT2D eigenvalue weighted by Gasteiger charge is 2.38. The number of benzene rings is 1. The molecular formula is C18H15N3O7. The fourth-order valence-electron chi connectivity index (χ4n) is 3.10.